The Hall–Kier alpha value is -2.15. The number of nitro benzene ring substituents is 1. The van der Waals surface area contributed by atoms with E-state index in [1.165, 1.54) is 0 Å². The van der Waals surface area contributed by atoms with Crippen LogP contribution < -0.4 is 10.6 Å². The van der Waals surface area contributed by atoms with E-state index in [0.29, 0.717) is 24.2 Å². The van der Waals surface area contributed by atoms with E-state index in [9.17, 15) is 14.9 Å². The zero-order chi connectivity index (χ0) is 15.7. The van der Waals surface area contributed by atoms with Crippen molar-refractivity contribution in [2.24, 2.45) is 0 Å². The molecule has 7 nitrogen and oxygen atoms in total. The minimum atomic E-state index is -0.373. The highest BCUT2D eigenvalue weighted by Gasteiger charge is 2.28. The number of nitro groups is 1. The summed E-state index contributed by atoms with van der Waals surface area (Å²) in [5, 5.41) is 17.4. The number of anilines is 2. The Kier molecular flexibility index (Phi) is 3.98. The van der Waals surface area contributed by atoms with Gasteiger partial charge in [0, 0.05) is 31.3 Å². The molecule has 22 heavy (non-hydrogen) atoms. The lowest BCUT2D eigenvalue weighted by molar-refractivity contribution is -0.384. The van der Waals surface area contributed by atoms with Crippen LogP contribution >= 0.6 is 0 Å². The molecule has 2 atom stereocenters. The molecule has 1 amide bonds. The van der Waals surface area contributed by atoms with Crippen LogP contribution in [0, 0.1) is 10.1 Å². The van der Waals surface area contributed by atoms with Crippen molar-refractivity contribution in [2.45, 2.75) is 44.2 Å². The van der Waals surface area contributed by atoms with E-state index in [-0.39, 0.29) is 28.7 Å². The van der Waals surface area contributed by atoms with Crippen molar-refractivity contribution in [3.05, 3.63) is 27.8 Å². The number of nitrogens with zero attached hydrogens (tertiary/aromatic N) is 1. The predicted molar refractivity (Wildman–Crippen MR) is 82.1 cm³/mol. The van der Waals surface area contributed by atoms with Gasteiger partial charge in [0.1, 0.15) is 5.69 Å². The van der Waals surface area contributed by atoms with Crippen LogP contribution in [0.5, 0.6) is 0 Å². The second kappa shape index (κ2) is 5.92. The molecule has 0 bridgehead atoms. The topological polar surface area (TPSA) is 93.5 Å². The Bertz CT molecular complexity index is 617. The summed E-state index contributed by atoms with van der Waals surface area (Å²) in [6.45, 7) is 0. The molecule has 2 aliphatic rings. The predicted octanol–water partition coefficient (Wildman–Crippen LogP) is 2.46. The van der Waals surface area contributed by atoms with Gasteiger partial charge in [0.25, 0.3) is 5.69 Å². The summed E-state index contributed by atoms with van der Waals surface area (Å²) in [6.07, 6.45) is 3.81. The Morgan fingerprint density at radius 3 is 2.86 bits per heavy atom. The highest BCUT2D eigenvalue weighted by atomic mass is 16.6. The summed E-state index contributed by atoms with van der Waals surface area (Å²) in [6, 6.07) is 3.41. The van der Waals surface area contributed by atoms with Crippen molar-refractivity contribution in [1.29, 1.82) is 0 Å². The van der Waals surface area contributed by atoms with Gasteiger partial charge in [-0.2, -0.15) is 0 Å². The summed E-state index contributed by atoms with van der Waals surface area (Å²) < 4.78 is 5.33. The van der Waals surface area contributed by atoms with Gasteiger partial charge in [-0.3, -0.25) is 14.9 Å². The number of hydrogen-bond donors (Lipinski definition) is 2. The number of aryl methyl sites for hydroxylation is 1. The molecular formula is C15H19N3O4. The lowest BCUT2D eigenvalue weighted by Gasteiger charge is -2.20. The molecule has 0 aromatic heterocycles. The van der Waals surface area contributed by atoms with Gasteiger partial charge in [0.2, 0.25) is 5.91 Å². The van der Waals surface area contributed by atoms with Crippen LogP contribution in [0.25, 0.3) is 0 Å². The summed E-state index contributed by atoms with van der Waals surface area (Å²) in [4.78, 5) is 22.4. The Balaban J connectivity index is 1.87. The van der Waals surface area contributed by atoms with Crippen molar-refractivity contribution >= 4 is 23.0 Å². The van der Waals surface area contributed by atoms with E-state index in [0.717, 1.165) is 24.8 Å². The molecule has 0 saturated heterocycles. The van der Waals surface area contributed by atoms with Crippen molar-refractivity contribution in [2.75, 3.05) is 17.7 Å². The van der Waals surface area contributed by atoms with E-state index < -0.39 is 0 Å². The number of hydrogen-bond acceptors (Lipinski definition) is 5. The first-order valence-corrected chi connectivity index (χ1v) is 7.47. The van der Waals surface area contributed by atoms with E-state index >= 15 is 0 Å². The number of carbonyl (C=O) groups excluding carboxylic acids is 1. The molecule has 2 unspecified atom stereocenters. The van der Waals surface area contributed by atoms with Crippen molar-refractivity contribution < 1.29 is 14.5 Å². The monoisotopic (exact) mass is 305 g/mol. The highest BCUT2D eigenvalue weighted by Crippen LogP contribution is 2.36. The Labute approximate surface area is 128 Å². The molecule has 118 valence electrons. The van der Waals surface area contributed by atoms with Crippen LogP contribution in [0.3, 0.4) is 0 Å². The number of rotatable bonds is 4. The summed E-state index contributed by atoms with van der Waals surface area (Å²) in [5.74, 6) is -0.0485. The fourth-order valence-electron chi connectivity index (χ4n) is 3.19. The molecule has 0 spiro atoms. The van der Waals surface area contributed by atoms with Crippen LogP contribution in [0.4, 0.5) is 17.1 Å². The maximum absolute atomic E-state index is 11.5. The summed E-state index contributed by atoms with van der Waals surface area (Å²) >= 11 is 0. The number of fused-ring (bicyclic) bond motifs is 1. The third kappa shape index (κ3) is 2.89. The minimum Gasteiger partial charge on any atom is -0.381 e. The maximum atomic E-state index is 11.5. The molecule has 0 radical (unpaired) electrons. The molecule has 1 fully saturated rings. The van der Waals surface area contributed by atoms with E-state index in [1.54, 1.807) is 19.2 Å². The zero-order valence-corrected chi connectivity index (χ0v) is 12.4. The normalized spacial score (nSPS) is 23.8. The first-order valence-electron chi connectivity index (χ1n) is 7.47. The number of methoxy groups -OCH3 is 1. The number of nitrogens with one attached hydrogen (secondary N) is 2. The van der Waals surface area contributed by atoms with E-state index in [2.05, 4.69) is 10.6 Å². The van der Waals surface area contributed by atoms with Gasteiger partial charge >= 0.3 is 0 Å². The van der Waals surface area contributed by atoms with Crippen LogP contribution in [-0.2, 0) is 16.0 Å². The van der Waals surface area contributed by atoms with Crippen molar-refractivity contribution in [3.8, 4) is 0 Å². The molecule has 1 aromatic rings. The third-order valence-corrected chi connectivity index (χ3v) is 4.39. The molecule has 1 aliphatic carbocycles. The minimum absolute atomic E-state index is 0.0485. The van der Waals surface area contributed by atoms with Crippen LogP contribution in [-0.4, -0.2) is 30.1 Å². The number of carbonyl (C=O) groups is 1. The van der Waals surface area contributed by atoms with E-state index in [4.69, 9.17) is 4.74 Å². The molecule has 1 heterocycles. The first kappa shape index (κ1) is 14.8. The first-order chi connectivity index (χ1) is 10.6. The van der Waals surface area contributed by atoms with Gasteiger partial charge in [-0.15, -0.1) is 0 Å². The molecule has 7 heteroatoms. The Morgan fingerprint density at radius 1 is 1.36 bits per heavy atom. The second-order valence-electron chi connectivity index (χ2n) is 5.84. The second-order valence-corrected chi connectivity index (χ2v) is 5.84. The lowest BCUT2D eigenvalue weighted by Crippen LogP contribution is -2.21. The van der Waals surface area contributed by atoms with Crippen LogP contribution in [0.1, 0.15) is 31.2 Å². The molecule has 2 N–H and O–H groups in total. The number of ether oxygens (including phenoxy) is 1. The van der Waals surface area contributed by atoms with Gasteiger partial charge < -0.3 is 15.4 Å². The SMILES string of the molecule is COC1CCC(Nc2cc3c(cc2[N+](=O)[O-])CCC(=O)N3)C1. The zero-order valence-electron chi connectivity index (χ0n) is 12.4. The number of benzene rings is 1. The van der Waals surface area contributed by atoms with Crippen LogP contribution in [0.2, 0.25) is 0 Å². The largest absolute Gasteiger partial charge is 0.381 e. The van der Waals surface area contributed by atoms with Gasteiger partial charge in [-0.1, -0.05) is 0 Å². The van der Waals surface area contributed by atoms with Gasteiger partial charge in [-0.05, 0) is 37.3 Å². The summed E-state index contributed by atoms with van der Waals surface area (Å²) in [7, 11) is 1.68. The van der Waals surface area contributed by atoms with Crippen LogP contribution in [0.15, 0.2) is 12.1 Å². The fourth-order valence-corrected chi connectivity index (χ4v) is 3.19. The molecule has 3 rings (SSSR count). The van der Waals surface area contributed by atoms with Crippen molar-refractivity contribution in [1.82, 2.24) is 0 Å². The average Bonchev–Trinajstić information content (AvgIpc) is 2.94. The van der Waals surface area contributed by atoms with Gasteiger partial charge in [0.05, 0.1) is 11.0 Å². The molecule has 1 saturated carbocycles. The number of amides is 1. The van der Waals surface area contributed by atoms with Crippen molar-refractivity contribution in [3.63, 3.8) is 0 Å². The molecule has 1 aromatic carbocycles. The highest BCUT2D eigenvalue weighted by molar-refractivity contribution is 5.95. The third-order valence-electron chi connectivity index (χ3n) is 4.39. The molecule has 1 aliphatic heterocycles. The van der Waals surface area contributed by atoms with E-state index in [1.807, 2.05) is 0 Å². The quantitative estimate of drug-likeness (QED) is 0.658. The fraction of sp³-hybridized carbons (Fsp3) is 0.533. The van der Waals surface area contributed by atoms with Gasteiger partial charge in [0.15, 0.2) is 0 Å². The molecular weight excluding hydrogens is 286 g/mol. The standard InChI is InChI=1S/C15H19N3O4/c1-22-11-4-3-10(7-11)16-13-8-12-9(2-5-15(19)17-12)6-14(13)18(20)21/h6,8,10-11,16H,2-5,7H2,1H3,(H,17,19). The van der Waals surface area contributed by atoms with Gasteiger partial charge in [-0.25, -0.2) is 0 Å². The maximum Gasteiger partial charge on any atom is 0.292 e. The lowest BCUT2D eigenvalue weighted by atomic mass is 10.0. The smallest absolute Gasteiger partial charge is 0.292 e. The summed E-state index contributed by atoms with van der Waals surface area (Å²) in [5.41, 5.74) is 2.02. The Morgan fingerprint density at radius 2 is 2.18 bits per heavy atom. The average molecular weight is 305 g/mol.